The first-order chi connectivity index (χ1) is 7.27. The maximum atomic E-state index is 6.07. The third-order valence-corrected chi connectivity index (χ3v) is 3.26. The fraction of sp³-hybridized carbons (Fsp3) is 0.500. The Morgan fingerprint density at radius 3 is 2.93 bits per heavy atom. The van der Waals surface area contributed by atoms with Crippen molar-refractivity contribution in [2.45, 2.75) is 32.0 Å². The molecule has 3 heteroatoms. The molecular weight excluding hydrogens is 210 g/mol. The van der Waals surface area contributed by atoms with E-state index >= 15 is 0 Å². The Morgan fingerprint density at radius 1 is 1.47 bits per heavy atom. The van der Waals surface area contributed by atoms with Gasteiger partial charge >= 0.3 is 0 Å². The normalized spacial score (nSPS) is 25.7. The fourth-order valence-corrected chi connectivity index (χ4v) is 2.09. The average Bonchev–Trinajstić information content (AvgIpc) is 2.63. The topological polar surface area (TPSA) is 21.3 Å². The number of nitrogens with one attached hydrogen (secondary N) is 1. The monoisotopic (exact) mass is 225 g/mol. The summed E-state index contributed by atoms with van der Waals surface area (Å²) in [7, 11) is 0. The summed E-state index contributed by atoms with van der Waals surface area (Å²) in [6, 6.07) is 8.40. The molecule has 0 aliphatic carbocycles. The van der Waals surface area contributed by atoms with Crippen LogP contribution >= 0.6 is 11.6 Å². The van der Waals surface area contributed by atoms with E-state index in [1.807, 2.05) is 18.2 Å². The van der Waals surface area contributed by atoms with Crippen molar-refractivity contribution in [3.63, 3.8) is 0 Å². The molecule has 0 bridgehead atoms. The van der Waals surface area contributed by atoms with E-state index in [2.05, 4.69) is 18.3 Å². The van der Waals surface area contributed by atoms with Gasteiger partial charge in [-0.15, -0.1) is 0 Å². The first-order valence-corrected chi connectivity index (χ1v) is 5.73. The number of rotatable bonds is 3. The number of hydrogen-bond acceptors (Lipinski definition) is 2. The molecule has 1 aromatic carbocycles. The summed E-state index contributed by atoms with van der Waals surface area (Å²) in [5.74, 6) is 0. The van der Waals surface area contributed by atoms with Crippen LogP contribution in [0.2, 0.25) is 5.02 Å². The summed E-state index contributed by atoms with van der Waals surface area (Å²) >= 11 is 6.07. The van der Waals surface area contributed by atoms with Crippen LogP contribution < -0.4 is 5.32 Å². The molecule has 82 valence electrons. The van der Waals surface area contributed by atoms with Gasteiger partial charge in [-0.2, -0.15) is 0 Å². The highest BCUT2D eigenvalue weighted by Gasteiger charge is 2.23. The zero-order valence-electron chi connectivity index (χ0n) is 8.87. The molecule has 1 fully saturated rings. The molecule has 1 N–H and O–H groups in total. The zero-order chi connectivity index (χ0) is 10.7. The van der Waals surface area contributed by atoms with Gasteiger partial charge in [-0.05, 0) is 25.0 Å². The van der Waals surface area contributed by atoms with E-state index in [9.17, 15) is 0 Å². The zero-order valence-corrected chi connectivity index (χ0v) is 9.63. The lowest BCUT2D eigenvalue weighted by molar-refractivity contribution is 0.113. The van der Waals surface area contributed by atoms with Gasteiger partial charge in [0, 0.05) is 24.2 Å². The van der Waals surface area contributed by atoms with Gasteiger partial charge in [-0.3, -0.25) is 0 Å². The molecule has 1 aromatic rings. The van der Waals surface area contributed by atoms with E-state index in [1.54, 1.807) is 0 Å². The molecule has 1 aliphatic heterocycles. The number of ether oxygens (including phenoxy) is 1. The van der Waals surface area contributed by atoms with Crippen molar-refractivity contribution in [3.8, 4) is 0 Å². The first kappa shape index (κ1) is 10.9. The van der Waals surface area contributed by atoms with E-state index in [1.165, 1.54) is 0 Å². The van der Waals surface area contributed by atoms with Crippen molar-refractivity contribution in [2.75, 3.05) is 6.61 Å². The van der Waals surface area contributed by atoms with Gasteiger partial charge < -0.3 is 10.1 Å². The van der Waals surface area contributed by atoms with Crippen LogP contribution in [0.15, 0.2) is 24.3 Å². The summed E-state index contributed by atoms with van der Waals surface area (Å²) in [6.07, 6.45) is 1.40. The predicted octanol–water partition coefficient (Wildman–Crippen LogP) is 2.61. The van der Waals surface area contributed by atoms with Crippen LogP contribution in [0.25, 0.3) is 0 Å². The molecule has 0 radical (unpaired) electrons. The Bertz CT molecular complexity index is 329. The lowest BCUT2D eigenvalue weighted by Gasteiger charge is -2.16. The Hall–Kier alpha value is -0.570. The van der Waals surface area contributed by atoms with Gasteiger partial charge in [0.2, 0.25) is 0 Å². The molecule has 0 amide bonds. The first-order valence-electron chi connectivity index (χ1n) is 5.36. The SMILES string of the molecule is C[C@H]1OCC[C@@H]1NCc1ccccc1Cl. The molecule has 0 saturated carbocycles. The van der Waals surface area contributed by atoms with E-state index < -0.39 is 0 Å². The van der Waals surface area contributed by atoms with Crippen molar-refractivity contribution >= 4 is 11.6 Å². The molecule has 1 heterocycles. The van der Waals surface area contributed by atoms with E-state index in [0.29, 0.717) is 12.1 Å². The van der Waals surface area contributed by atoms with Crippen LogP contribution in [-0.2, 0) is 11.3 Å². The van der Waals surface area contributed by atoms with Crippen molar-refractivity contribution in [2.24, 2.45) is 0 Å². The molecule has 2 atom stereocenters. The van der Waals surface area contributed by atoms with Gasteiger partial charge in [0.25, 0.3) is 0 Å². The summed E-state index contributed by atoms with van der Waals surface area (Å²) in [4.78, 5) is 0. The molecule has 2 nitrogen and oxygen atoms in total. The highest BCUT2D eigenvalue weighted by molar-refractivity contribution is 6.31. The van der Waals surface area contributed by atoms with Gasteiger partial charge in [-0.1, -0.05) is 29.8 Å². The molecule has 1 aliphatic rings. The van der Waals surface area contributed by atoms with Crippen molar-refractivity contribution in [1.82, 2.24) is 5.32 Å². The molecule has 1 saturated heterocycles. The van der Waals surface area contributed by atoms with E-state index in [-0.39, 0.29) is 0 Å². The summed E-state index contributed by atoms with van der Waals surface area (Å²) in [5.41, 5.74) is 1.15. The third kappa shape index (κ3) is 2.71. The minimum Gasteiger partial charge on any atom is -0.377 e. The Labute approximate surface area is 95.6 Å². The molecular formula is C12H16ClNO. The smallest absolute Gasteiger partial charge is 0.0700 e. The minimum absolute atomic E-state index is 0.312. The maximum Gasteiger partial charge on any atom is 0.0700 e. The predicted molar refractivity (Wildman–Crippen MR) is 62.1 cm³/mol. The fourth-order valence-electron chi connectivity index (χ4n) is 1.88. The lowest BCUT2D eigenvalue weighted by atomic mass is 10.1. The number of benzene rings is 1. The quantitative estimate of drug-likeness (QED) is 0.854. The summed E-state index contributed by atoms with van der Waals surface area (Å²) in [5, 5.41) is 4.31. The second-order valence-corrected chi connectivity index (χ2v) is 4.35. The maximum absolute atomic E-state index is 6.07. The second kappa shape index (κ2) is 4.97. The summed E-state index contributed by atoms with van der Waals surface area (Å²) in [6.45, 7) is 3.79. The van der Waals surface area contributed by atoms with E-state index in [0.717, 1.165) is 30.2 Å². The standard InChI is InChI=1S/C12H16ClNO/c1-9-12(6-7-15-9)14-8-10-4-2-3-5-11(10)13/h2-5,9,12,14H,6-8H2,1H3/t9-,12+/m1/s1. The minimum atomic E-state index is 0.312. The van der Waals surface area contributed by atoms with Crippen LogP contribution in [0.5, 0.6) is 0 Å². The Kier molecular flexibility index (Phi) is 3.62. The molecule has 15 heavy (non-hydrogen) atoms. The van der Waals surface area contributed by atoms with Gasteiger partial charge in [0.15, 0.2) is 0 Å². The molecule has 2 rings (SSSR count). The average molecular weight is 226 g/mol. The largest absolute Gasteiger partial charge is 0.377 e. The van der Waals surface area contributed by atoms with Gasteiger partial charge in [-0.25, -0.2) is 0 Å². The van der Waals surface area contributed by atoms with Crippen LogP contribution in [0, 0.1) is 0 Å². The number of halogens is 1. The highest BCUT2D eigenvalue weighted by atomic mass is 35.5. The van der Waals surface area contributed by atoms with Crippen LogP contribution in [0.4, 0.5) is 0 Å². The van der Waals surface area contributed by atoms with Gasteiger partial charge in [0.05, 0.1) is 6.10 Å². The van der Waals surface area contributed by atoms with Crippen molar-refractivity contribution in [3.05, 3.63) is 34.9 Å². The summed E-state index contributed by atoms with van der Waals surface area (Å²) < 4.78 is 5.49. The van der Waals surface area contributed by atoms with Crippen LogP contribution in [0.1, 0.15) is 18.9 Å². The van der Waals surface area contributed by atoms with Crippen LogP contribution in [-0.4, -0.2) is 18.8 Å². The third-order valence-electron chi connectivity index (χ3n) is 2.89. The Morgan fingerprint density at radius 2 is 2.27 bits per heavy atom. The van der Waals surface area contributed by atoms with Crippen LogP contribution in [0.3, 0.4) is 0 Å². The van der Waals surface area contributed by atoms with E-state index in [4.69, 9.17) is 16.3 Å². The van der Waals surface area contributed by atoms with Crippen molar-refractivity contribution < 1.29 is 4.74 Å². The molecule has 0 aromatic heterocycles. The van der Waals surface area contributed by atoms with Crippen molar-refractivity contribution in [1.29, 1.82) is 0 Å². The van der Waals surface area contributed by atoms with Gasteiger partial charge in [0.1, 0.15) is 0 Å². The second-order valence-electron chi connectivity index (χ2n) is 3.94. The Balaban J connectivity index is 1.90. The highest BCUT2D eigenvalue weighted by Crippen LogP contribution is 2.17. The lowest BCUT2D eigenvalue weighted by Crippen LogP contribution is -2.34. The molecule has 0 unspecified atom stereocenters. The molecule has 0 spiro atoms. The number of hydrogen-bond donors (Lipinski definition) is 1.